The van der Waals surface area contributed by atoms with Crippen molar-refractivity contribution in [2.24, 2.45) is 0 Å². The minimum Gasteiger partial charge on any atom is -0.506 e. The summed E-state index contributed by atoms with van der Waals surface area (Å²) in [5.41, 5.74) is 13.9. The smallest absolute Gasteiger partial charge is 0.138 e. The van der Waals surface area contributed by atoms with Gasteiger partial charge in [0.1, 0.15) is 11.5 Å². The van der Waals surface area contributed by atoms with E-state index in [0.717, 1.165) is 11.1 Å². The van der Waals surface area contributed by atoms with E-state index in [4.69, 9.17) is 11.5 Å². The molecule has 0 fully saturated rings. The van der Waals surface area contributed by atoms with E-state index < -0.39 is 0 Å². The van der Waals surface area contributed by atoms with Crippen LogP contribution in [0.4, 0.5) is 11.4 Å². The third kappa shape index (κ3) is 4.12. The summed E-state index contributed by atoms with van der Waals surface area (Å²) < 4.78 is 0. The van der Waals surface area contributed by atoms with Crippen LogP contribution in [0.1, 0.15) is 11.1 Å². The van der Waals surface area contributed by atoms with E-state index in [1.165, 1.54) is 0 Å². The van der Waals surface area contributed by atoms with Crippen molar-refractivity contribution in [2.45, 2.75) is 6.42 Å². The lowest BCUT2D eigenvalue weighted by Crippen LogP contribution is -1.93. The summed E-state index contributed by atoms with van der Waals surface area (Å²) in [6.45, 7) is 0. The molecule has 6 N–H and O–H groups in total. The Bertz CT molecular complexity index is 513. The number of nitrogens with two attached hydrogens (primary N) is 2. The minimum absolute atomic E-state index is 0. The molecule has 0 spiro atoms. The highest BCUT2D eigenvalue weighted by molar-refractivity contribution is 5.85. The molecule has 0 heterocycles. The van der Waals surface area contributed by atoms with Crippen LogP contribution >= 0.6 is 24.8 Å². The van der Waals surface area contributed by atoms with Gasteiger partial charge in [0.15, 0.2) is 0 Å². The van der Waals surface area contributed by atoms with Crippen molar-refractivity contribution in [1.82, 2.24) is 0 Å². The standard InChI is InChI=1S/C13H14N2O2.2ClH/c14-10-6-8(1-3-12(10)16)5-9-2-4-13(17)11(15)7-9;;/h1-4,6-7,16-17H,5,14-15H2;2*1H. The second-order valence-corrected chi connectivity index (χ2v) is 3.96. The monoisotopic (exact) mass is 302 g/mol. The van der Waals surface area contributed by atoms with Gasteiger partial charge < -0.3 is 21.7 Å². The molecule has 0 unspecified atom stereocenters. The fraction of sp³-hybridized carbons (Fsp3) is 0.0769. The summed E-state index contributed by atoms with van der Waals surface area (Å²) in [6.07, 6.45) is 0.648. The molecular formula is C13H16Cl2N2O2. The number of anilines is 2. The Morgan fingerprint density at radius 1 is 0.737 bits per heavy atom. The van der Waals surface area contributed by atoms with Gasteiger partial charge in [-0.05, 0) is 41.8 Å². The summed E-state index contributed by atoms with van der Waals surface area (Å²) >= 11 is 0. The molecule has 0 bridgehead atoms. The molecule has 0 saturated carbocycles. The molecule has 0 saturated heterocycles. The van der Waals surface area contributed by atoms with Gasteiger partial charge in [0.2, 0.25) is 0 Å². The molecule has 0 radical (unpaired) electrons. The van der Waals surface area contributed by atoms with Crippen LogP contribution in [-0.4, -0.2) is 10.2 Å². The summed E-state index contributed by atoms with van der Waals surface area (Å²) in [5.74, 6) is 0.165. The number of aromatic hydroxyl groups is 2. The SMILES string of the molecule is Cl.Cl.Nc1cc(Cc2ccc(O)c(N)c2)ccc1O. The molecule has 104 valence electrons. The first kappa shape index (κ1) is 17.2. The van der Waals surface area contributed by atoms with Crippen molar-refractivity contribution in [3.63, 3.8) is 0 Å². The molecule has 6 heteroatoms. The highest BCUT2D eigenvalue weighted by atomic mass is 35.5. The van der Waals surface area contributed by atoms with Gasteiger partial charge in [0, 0.05) is 0 Å². The third-order valence-corrected chi connectivity index (χ3v) is 2.59. The zero-order valence-electron chi connectivity index (χ0n) is 10.0. The van der Waals surface area contributed by atoms with Crippen LogP contribution in [0.15, 0.2) is 36.4 Å². The van der Waals surface area contributed by atoms with Crippen LogP contribution in [-0.2, 0) is 6.42 Å². The number of hydrogen-bond donors (Lipinski definition) is 4. The number of phenols is 2. The van der Waals surface area contributed by atoms with Crippen molar-refractivity contribution < 1.29 is 10.2 Å². The number of phenolic OH excluding ortho intramolecular Hbond substituents is 2. The first-order valence-electron chi connectivity index (χ1n) is 5.21. The average Bonchev–Trinajstić information content (AvgIpc) is 2.29. The fourth-order valence-corrected chi connectivity index (χ4v) is 1.66. The molecular weight excluding hydrogens is 287 g/mol. The summed E-state index contributed by atoms with van der Waals surface area (Å²) in [7, 11) is 0. The zero-order chi connectivity index (χ0) is 12.4. The molecule has 0 aliphatic heterocycles. The maximum atomic E-state index is 9.31. The normalized spacial score (nSPS) is 9.26. The molecule has 0 aliphatic rings. The quantitative estimate of drug-likeness (QED) is 0.507. The summed E-state index contributed by atoms with van der Waals surface area (Å²) in [4.78, 5) is 0. The Morgan fingerprint density at radius 2 is 1.11 bits per heavy atom. The lowest BCUT2D eigenvalue weighted by Gasteiger charge is -2.06. The Morgan fingerprint density at radius 3 is 1.42 bits per heavy atom. The van der Waals surface area contributed by atoms with Crippen LogP contribution in [0.5, 0.6) is 11.5 Å². The largest absolute Gasteiger partial charge is 0.506 e. The number of nitrogen functional groups attached to an aromatic ring is 2. The molecule has 0 aliphatic carbocycles. The van der Waals surface area contributed by atoms with E-state index in [2.05, 4.69) is 0 Å². The first-order valence-corrected chi connectivity index (χ1v) is 5.21. The van der Waals surface area contributed by atoms with Crippen LogP contribution < -0.4 is 11.5 Å². The van der Waals surface area contributed by atoms with Crippen molar-refractivity contribution in [3.05, 3.63) is 47.5 Å². The van der Waals surface area contributed by atoms with E-state index in [1.807, 2.05) is 0 Å². The molecule has 0 aromatic heterocycles. The van der Waals surface area contributed by atoms with Crippen molar-refractivity contribution in [1.29, 1.82) is 0 Å². The molecule has 19 heavy (non-hydrogen) atoms. The number of rotatable bonds is 2. The van der Waals surface area contributed by atoms with Crippen molar-refractivity contribution in [3.8, 4) is 11.5 Å². The number of halogens is 2. The van der Waals surface area contributed by atoms with Gasteiger partial charge in [-0.15, -0.1) is 24.8 Å². The van der Waals surface area contributed by atoms with E-state index in [0.29, 0.717) is 17.8 Å². The molecule has 0 amide bonds. The van der Waals surface area contributed by atoms with E-state index >= 15 is 0 Å². The molecule has 2 aromatic rings. The second-order valence-electron chi connectivity index (χ2n) is 3.96. The topological polar surface area (TPSA) is 92.5 Å². The molecule has 2 rings (SSSR count). The van der Waals surface area contributed by atoms with Crippen molar-refractivity contribution in [2.75, 3.05) is 11.5 Å². The maximum Gasteiger partial charge on any atom is 0.138 e. The predicted molar refractivity (Wildman–Crippen MR) is 82.3 cm³/mol. The van der Waals surface area contributed by atoms with Crippen LogP contribution in [0.3, 0.4) is 0 Å². The Kier molecular flexibility index (Phi) is 6.32. The molecule has 2 aromatic carbocycles. The van der Waals surface area contributed by atoms with Gasteiger partial charge >= 0.3 is 0 Å². The Labute approximate surface area is 123 Å². The van der Waals surface area contributed by atoms with Crippen LogP contribution in [0, 0.1) is 0 Å². The van der Waals surface area contributed by atoms with E-state index in [9.17, 15) is 10.2 Å². The Hall–Kier alpha value is -1.78. The van der Waals surface area contributed by atoms with Gasteiger partial charge in [-0.2, -0.15) is 0 Å². The maximum absolute atomic E-state index is 9.31. The number of hydrogen-bond acceptors (Lipinski definition) is 4. The summed E-state index contributed by atoms with van der Waals surface area (Å²) in [6, 6.07) is 10.2. The minimum atomic E-state index is 0. The van der Waals surface area contributed by atoms with E-state index in [-0.39, 0.29) is 36.3 Å². The third-order valence-electron chi connectivity index (χ3n) is 2.59. The van der Waals surface area contributed by atoms with Gasteiger partial charge in [-0.1, -0.05) is 12.1 Å². The highest BCUT2D eigenvalue weighted by Crippen LogP contribution is 2.25. The highest BCUT2D eigenvalue weighted by Gasteiger charge is 2.03. The Balaban J connectivity index is 0.00000162. The van der Waals surface area contributed by atoms with Crippen LogP contribution in [0.2, 0.25) is 0 Å². The second kappa shape index (κ2) is 6.97. The molecule has 0 atom stereocenters. The lowest BCUT2D eigenvalue weighted by molar-refractivity contribution is 0.477. The molecule has 4 nitrogen and oxygen atoms in total. The number of benzene rings is 2. The van der Waals surface area contributed by atoms with Gasteiger partial charge in [0.25, 0.3) is 0 Å². The zero-order valence-corrected chi connectivity index (χ0v) is 11.7. The fourth-order valence-electron chi connectivity index (χ4n) is 1.66. The van der Waals surface area contributed by atoms with Crippen LogP contribution in [0.25, 0.3) is 0 Å². The van der Waals surface area contributed by atoms with Gasteiger partial charge in [-0.25, -0.2) is 0 Å². The first-order chi connectivity index (χ1) is 8.06. The summed E-state index contributed by atoms with van der Waals surface area (Å²) in [5, 5.41) is 18.6. The predicted octanol–water partition coefficient (Wildman–Crippen LogP) is 2.70. The van der Waals surface area contributed by atoms with Crippen molar-refractivity contribution >= 4 is 36.2 Å². The van der Waals surface area contributed by atoms with Gasteiger partial charge in [0.05, 0.1) is 11.4 Å². The average molecular weight is 303 g/mol. The van der Waals surface area contributed by atoms with E-state index in [1.54, 1.807) is 36.4 Å². The van der Waals surface area contributed by atoms with Gasteiger partial charge in [-0.3, -0.25) is 0 Å². The lowest BCUT2D eigenvalue weighted by atomic mass is 10.0.